The SMILES string of the molecule is COc1c2c(cc3c1C(CC(O)C1CCOC(C)(C)C1)[N+](C)(C)CC3)OCO2.[I-]. The molecule has 1 fully saturated rings. The number of ether oxygens (including phenoxy) is 4. The predicted molar refractivity (Wildman–Crippen MR) is 106 cm³/mol. The van der Waals surface area contributed by atoms with Gasteiger partial charge in [-0.05, 0) is 44.2 Å². The number of aliphatic hydroxyl groups excluding tert-OH is 1. The first-order chi connectivity index (χ1) is 13.2. The number of rotatable bonds is 4. The Hall–Kier alpha value is -0.770. The number of aliphatic hydroxyl groups is 1. The number of hydrogen-bond donors (Lipinski definition) is 1. The second kappa shape index (κ2) is 8.40. The first kappa shape index (κ1) is 22.9. The first-order valence-corrected chi connectivity index (χ1v) is 10.4. The summed E-state index contributed by atoms with van der Waals surface area (Å²) in [6, 6.07) is 2.25. The Bertz CT molecular complexity index is 751. The third-order valence-corrected chi connectivity index (χ3v) is 6.83. The lowest BCUT2D eigenvalue weighted by atomic mass is 9.79. The number of quaternary nitrogens is 1. The Morgan fingerprint density at radius 1 is 1.31 bits per heavy atom. The van der Waals surface area contributed by atoms with E-state index in [-0.39, 0.29) is 54.4 Å². The smallest absolute Gasteiger partial charge is 0.231 e. The molecule has 1 N–H and O–H groups in total. The Morgan fingerprint density at radius 3 is 2.76 bits per heavy atom. The van der Waals surface area contributed by atoms with Gasteiger partial charge < -0.3 is 52.5 Å². The molecule has 3 atom stereocenters. The van der Waals surface area contributed by atoms with Crippen LogP contribution in [-0.2, 0) is 11.2 Å². The van der Waals surface area contributed by atoms with Crippen LogP contribution < -0.4 is 38.2 Å². The summed E-state index contributed by atoms with van der Waals surface area (Å²) in [5, 5.41) is 11.2. The maximum absolute atomic E-state index is 11.2. The van der Waals surface area contributed by atoms with Gasteiger partial charge in [0.25, 0.3) is 0 Å². The van der Waals surface area contributed by atoms with Crippen molar-refractivity contribution >= 4 is 0 Å². The summed E-state index contributed by atoms with van der Waals surface area (Å²) < 4.78 is 23.8. The van der Waals surface area contributed by atoms with Gasteiger partial charge in [-0.1, -0.05) is 0 Å². The van der Waals surface area contributed by atoms with Gasteiger partial charge in [-0.3, -0.25) is 0 Å². The Kier molecular flexibility index (Phi) is 6.63. The maximum Gasteiger partial charge on any atom is 0.231 e. The molecule has 3 aliphatic heterocycles. The zero-order valence-corrected chi connectivity index (χ0v) is 20.3. The van der Waals surface area contributed by atoms with Crippen molar-refractivity contribution in [2.75, 3.05) is 41.1 Å². The Labute approximate surface area is 191 Å². The van der Waals surface area contributed by atoms with E-state index in [1.54, 1.807) is 7.11 Å². The topological polar surface area (TPSA) is 57.2 Å². The number of benzene rings is 1. The van der Waals surface area contributed by atoms with Gasteiger partial charge in [-0.25, -0.2) is 0 Å². The standard InChI is InChI=1S/C22H34NO5.HI/c1-22(2)12-15(7-9-28-22)17(24)11-16-19-14(6-8-23(16,3)4)10-18-20(21(19)25-5)27-13-26-18;/h10,15-17,24H,6-9,11-13H2,1-5H3;1H/q+1;/p-1. The monoisotopic (exact) mass is 519 g/mol. The van der Waals surface area contributed by atoms with Crippen molar-refractivity contribution in [1.29, 1.82) is 0 Å². The molecule has 164 valence electrons. The van der Waals surface area contributed by atoms with Gasteiger partial charge in [0.15, 0.2) is 11.5 Å². The van der Waals surface area contributed by atoms with E-state index in [1.807, 2.05) is 0 Å². The highest BCUT2D eigenvalue weighted by molar-refractivity contribution is 5.61. The zero-order valence-electron chi connectivity index (χ0n) is 18.2. The number of hydrogen-bond acceptors (Lipinski definition) is 5. The molecule has 3 aliphatic rings. The van der Waals surface area contributed by atoms with Crippen molar-refractivity contribution in [3.63, 3.8) is 0 Å². The van der Waals surface area contributed by atoms with Gasteiger partial charge in [0.2, 0.25) is 12.5 Å². The molecule has 7 heteroatoms. The summed E-state index contributed by atoms with van der Waals surface area (Å²) in [6.45, 7) is 6.21. The fraction of sp³-hybridized carbons (Fsp3) is 0.727. The molecule has 0 aliphatic carbocycles. The van der Waals surface area contributed by atoms with Crippen molar-refractivity contribution in [3.05, 3.63) is 17.2 Å². The number of fused-ring (bicyclic) bond motifs is 2. The summed E-state index contributed by atoms with van der Waals surface area (Å²) in [6.07, 6.45) is 3.10. The average Bonchev–Trinajstić information content (AvgIpc) is 3.09. The Balaban J connectivity index is 0.00000240. The molecule has 1 aromatic rings. The molecule has 0 bridgehead atoms. The highest BCUT2D eigenvalue weighted by Crippen LogP contribution is 2.52. The molecule has 3 unspecified atom stereocenters. The van der Waals surface area contributed by atoms with Crippen LogP contribution in [0.2, 0.25) is 0 Å². The molecule has 0 aromatic heterocycles. The van der Waals surface area contributed by atoms with Crippen LogP contribution in [0.1, 0.15) is 50.3 Å². The van der Waals surface area contributed by atoms with E-state index in [4.69, 9.17) is 18.9 Å². The molecular weight excluding hydrogens is 485 g/mol. The van der Waals surface area contributed by atoms with Crippen molar-refractivity contribution in [1.82, 2.24) is 0 Å². The second-order valence-electron chi connectivity index (χ2n) is 9.65. The molecule has 1 saturated heterocycles. The van der Waals surface area contributed by atoms with Gasteiger partial charge in [0.05, 0.1) is 45.0 Å². The molecule has 1 aromatic carbocycles. The van der Waals surface area contributed by atoms with Crippen molar-refractivity contribution in [2.24, 2.45) is 5.92 Å². The molecule has 29 heavy (non-hydrogen) atoms. The van der Waals surface area contributed by atoms with E-state index in [2.05, 4.69) is 34.0 Å². The minimum atomic E-state index is -0.369. The molecule has 0 amide bonds. The van der Waals surface area contributed by atoms with E-state index >= 15 is 0 Å². The molecule has 0 radical (unpaired) electrons. The molecule has 0 saturated carbocycles. The van der Waals surface area contributed by atoms with Gasteiger partial charge >= 0.3 is 0 Å². The Morgan fingerprint density at radius 2 is 2.07 bits per heavy atom. The van der Waals surface area contributed by atoms with E-state index in [1.165, 1.54) is 11.1 Å². The van der Waals surface area contributed by atoms with E-state index in [9.17, 15) is 5.11 Å². The van der Waals surface area contributed by atoms with E-state index in [0.717, 1.165) is 48.4 Å². The highest BCUT2D eigenvalue weighted by Gasteiger charge is 2.44. The van der Waals surface area contributed by atoms with Crippen molar-refractivity contribution in [3.8, 4) is 17.2 Å². The number of likely N-dealkylation sites (N-methyl/N-ethyl adjacent to an activating group) is 1. The fourth-order valence-corrected chi connectivity index (χ4v) is 5.20. The normalized spacial score (nSPS) is 27.5. The van der Waals surface area contributed by atoms with Crippen LogP contribution in [-0.4, -0.2) is 62.4 Å². The van der Waals surface area contributed by atoms with Crippen LogP contribution in [0, 0.1) is 5.92 Å². The predicted octanol–water partition coefficient (Wildman–Crippen LogP) is 0.0577. The fourth-order valence-electron chi connectivity index (χ4n) is 5.20. The van der Waals surface area contributed by atoms with Crippen LogP contribution in [0.3, 0.4) is 0 Å². The minimum absolute atomic E-state index is 0. The van der Waals surface area contributed by atoms with E-state index in [0.29, 0.717) is 12.2 Å². The van der Waals surface area contributed by atoms with Gasteiger partial charge in [0, 0.05) is 19.4 Å². The molecule has 0 spiro atoms. The maximum atomic E-state index is 11.2. The third-order valence-electron chi connectivity index (χ3n) is 6.83. The number of halogens is 1. The summed E-state index contributed by atoms with van der Waals surface area (Å²) in [7, 11) is 6.19. The molecule has 3 heterocycles. The lowest BCUT2D eigenvalue weighted by Crippen LogP contribution is -3.00. The quantitative estimate of drug-likeness (QED) is 0.451. The van der Waals surface area contributed by atoms with Crippen LogP contribution in [0.4, 0.5) is 0 Å². The summed E-state index contributed by atoms with van der Waals surface area (Å²) >= 11 is 0. The molecule has 6 nitrogen and oxygen atoms in total. The average molecular weight is 519 g/mol. The van der Waals surface area contributed by atoms with Crippen LogP contribution in [0.5, 0.6) is 17.2 Å². The number of methoxy groups -OCH3 is 1. The van der Waals surface area contributed by atoms with Gasteiger partial charge in [-0.2, -0.15) is 0 Å². The van der Waals surface area contributed by atoms with E-state index < -0.39 is 0 Å². The first-order valence-electron chi connectivity index (χ1n) is 10.4. The minimum Gasteiger partial charge on any atom is -1.00 e. The van der Waals surface area contributed by atoms with Gasteiger partial charge in [0.1, 0.15) is 6.04 Å². The van der Waals surface area contributed by atoms with Crippen LogP contribution in [0.15, 0.2) is 6.07 Å². The lowest BCUT2D eigenvalue weighted by Gasteiger charge is -2.45. The lowest BCUT2D eigenvalue weighted by molar-refractivity contribution is -0.924. The van der Waals surface area contributed by atoms with Crippen molar-refractivity contribution < 1.29 is 52.5 Å². The van der Waals surface area contributed by atoms with Gasteiger partial charge in [-0.15, -0.1) is 0 Å². The van der Waals surface area contributed by atoms with Crippen LogP contribution >= 0.6 is 0 Å². The summed E-state index contributed by atoms with van der Waals surface area (Å²) in [4.78, 5) is 0. The summed E-state index contributed by atoms with van der Waals surface area (Å²) in [5.74, 6) is 2.51. The second-order valence-corrected chi connectivity index (χ2v) is 9.65. The summed E-state index contributed by atoms with van der Waals surface area (Å²) in [5.41, 5.74) is 2.26. The largest absolute Gasteiger partial charge is 1.00 e. The molecule has 4 rings (SSSR count). The highest BCUT2D eigenvalue weighted by atomic mass is 127. The zero-order chi connectivity index (χ0) is 20.1. The van der Waals surface area contributed by atoms with Crippen molar-refractivity contribution in [2.45, 2.75) is 57.3 Å². The molecular formula is C22H34INO5. The third kappa shape index (κ3) is 4.34. The van der Waals surface area contributed by atoms with Crippen LogP contribution in [0.25, 0.3) is 0 Å². The number of nitrogens with zero attached hydrogens (tertiary/aromatic N) is 1.